The maximum atomic E-state index is 5.68. The lowest BCUT2D eigenvalue weighted by Crippen LogP contribution is -2.30. The summed E-state index contributed by atoms with van der Waals surface area (Å²) in [5.41, 5.74) is 6.29. The third-order valence-corrected chi connectivity index (χ3v) is 3.26. The van der Waals surface area contributed by atoms with Gasteiger partial charge in [-0.05, 0) is 37.8 Å². The summed E-state index contributed by atoms with van der Waals surface area (Å²) in [7, 11) is 0. The molecular formula is C14H25N3. The molecule has 1 rings (SSSR count). The predicted octanol–water partition coefficient (Wildman–Crippen LogP) is 3.03. The van der Waals surface area contributed by atoms with E-state index in [4.69, 9.17) is 5.84 Å². The first-order chi connectivity index (χ1) is 8.08. The van der Waals surface area contributed by atoms with Gasteiger partial charge in [-0.3, -0.25) is 16.3 Å². The van der Waals surface area contributed by atoms with Gasteiger partial charge in [-0.25, -0.2) is 0 Å². The van der Waals surface area contributed by atoms with Crippen LogP contribution in [0.1, 0.15) is 56.1 Å². The quantitative estimate of drug-likeness (QED) is 0.588. The maximum absolute atomic E-state index is 5.68. The number of hydrogen-bond acceptors (Lipinski definition) is 3. The van der Waals surface area contributed by atoms with Gasteiger partial charge in [0, 0.05) is 17.4 Å². The van der Waals surface area contributed by atoms with Crippen molar-refractivity contribution in [3.8, 4) is 0 Å². The second-order valence-electron chi connectivity index (χ2n) is 4.98. The van der Waals surface area contributed by atoms with Gasteiger partial charge in [0.05, 0.1) is 0 Å². The Hall–Kier alpha value is -0.930. The first-order valence-corrected chi connectivity index (χ1v) is 6.48. The van der Waals surface area contributed by atoms with Gasteiger partial charge in [0.2, 0.25) is 0 Å². The van der Waals surface area contributed by atoms with Crippen LogP contribution in [0, 0.1) is 19.8 Å². The number of aryl methyl sites for hydroxylation is 2. The van der Waals surface area contributed by atoms with E-state index in [0.717, 1.165) is 17.8 Å². The summed E-state index contributed by atoms with van der Waals surface area (Å²) in [5, 5.41) is 0. The Bertz CT molecular complexity index is 349. The van der Waals surface area contributed by atoms with Gasteiger partial charge in [-0.1, -0.05) is 32.8 Å². The minimum absolute atomic E-state index is 0.213. The van der Waals surface area contributed by atoms with Crippen LogP contribution in [0.4, 0.5) is 0 Å². The molecule has 3 heteroatoms. The smallest absolute Gasteiger partial charge is 0.0480 e. The molecular weight excluding hydrogens is 210 g/mol. The molecule has 1 aromatic rings. The Kier molecular flexibility index (Phi) is 5.59. The van der Waals surface area contributed by atoms with Gasteiger partial charge in [-0.2, -0.15) is 0 Å². The van der Waals surface area contributed by atoms with Crippen LogP contribution in [0.25, 0.3) is 0 Å². The third kappa shape index (κ3) is 4.10. The second kappa shape index (κ2) is 6.72. The van der Waals surface area contributed by atoms with Crippen LogP contribution in [0.15, 0.2) is 12.1 Å². The fourth-order valence-corrected chi connectivity index (χ4v) is 2.36. The van der Waals surface area contributed by atoms with Gasteiger partial charge >= 0.3 is 0 Å². The van der Waals surface area contributed by atoms with Crippen LogP contribution in [-0.4, -0.2) is 4.98 Å². The summed E-state index contributed by atoms with van der Waals surface area (Å²) in [6.45, 7) is 8.57. The molecule has 0 amide bonds. The van der Waals surface area contributed by atoms with Crippen molar-refractivity contribution in [3.05, 3.63) is 29.1 Å². The Morgan fingerprint density at radius 1 is 1.35 bits per heavy atom. The van der Waals surface area contributed by atoms with Crippen LogP contribution in [0.5, 0.6) is 0 Å². The Labute approximate surface area is 105 Å². The molecule has 0 saturated carbocycles. The van der Waals surface area contributed by atoms with Crippen molar-refractivity contribution in [1.82, 2.24) is 10.4 Å². The second-order valence-corrected chi connectivity index (χ2v) is 4.98. The fourth-order valence-electron chi connectivity index (χ4n) is 2.36. The summed E-state index contributed by atoms with van der Waals surface area (Å²) in [6.07, 6.45) is 3.54. The molecule has 96 valence electrons. The zero-order chi connectivity index (χ0) is 12.8. The molecule has 0 aliphatic carbocycles. The molecule has 0 radical (unpaired) electrons. The van der Waals surface area contributed by atoms with E-state index in [1.54, 1.807) is 0 Å². The van der Waals surface area contributed by atoms with Crippen LogP contribution < -0.4 is 11.3 Å². The summed E-state index contributed by atoms with van der Waals surface area (Å²) >= 11 is 0. The third-order valence-electron chi connectivity index (χ3n) is 3.26. The molecule has 0 bridgehead atoms. The molecule has 0 spiro atoms. The van der Waals surface area contributed by atoms with Crippen LogP contribution >= 0.6 is 0 Å². The monoisotopic (exact) mass is 235 g/mol. The number of aromatic nitrogens is 1. The summed E-state index contributed by atoms with van der Waals surface area (Å²) in [5.74, 6) is 6.36. The zero-order valence-electron chi connectivity index (χ0n) is 11.5. The zero-order valence-corrected chi connectivity index (χ0v) is 11.5. The first kappa shape index (κ1) is 14.1. The number of nitrogens with one attached hydrogen (secondary N) is 1. The van der Waals surface area contributed by atoms with E-state index in [1.165, 1.54) is 18.4 Å². The molecule has 2 unspecified atom stereocenters. The molecule has 2 atom stereocenters. The highest BCUT2D eigenvalue weighted by Gasteiger charge is 2.16. The van der Waals surface area contributed by atoms with Crippen molar-refractivity contribution in [2.24, 2.45) is 11.8 Å². The average Bonchev–Trinajstić information content (AvgIpc) is 2.27. The van der Waals surface area contributed by atoms with Crippen LogP contribution in [-0.2, 0) is 0 Å². The predicted molar refractivity (Wildman–Crippen MR) is 72.5 cm³/mol. The van der Waals surface area contributed by atoms with Crippen molar-refractivity contribution in [1.29, 1.82) is 0 Å². The molecule has 0 fully saturated rings. The van der Waals surface area contributed by atoms with E-state index in [1.807, 2.05) is 6.92 Å². The molecule has 3 N–H and O–H groups in total. The average molecular weight is 235 g/mol. The van der Waals surface area contributed by atoms with E-state index in [0.29, 0.717) is 5.92 Å². The van der Waals surface area contributed by atoms with Crippen molar-refractivity contribution < 1.29 is 0 Å². The highest BCUT2D eigenvalue weighted by atomic mass is 15.2. The summed E-state index contributed by atoms with van der Waals surface area (Å²) in [6, 6.07) is 4.41. The van der Waals surface area contributed by atoms with Crippen molar-refractivity contribution in [3.63, 3.8) is 0 Å². The van der Waals surface area contributed by atoms with Gasteiger partial charge < -0.3 is 0 Å². The van der Waals surface area contributed by atoms with E-state index in [9.17, 15) is 0 Å². The normalized spacial score (nSPS) is 14.6. The van der Waals surface area contributed by atoms with E-state index in [2.05, 4.69) is 43.3 Å². The number of hydrazine groups is 1. The number of nitrogens with zero attached hydrogens (tertiary/aromatic N) is 1. The van der Waals surface area contributed by atoms with Crippen LogP contribution in [0.3, 0.4) is 0 Å². The van der Waals surface area contributed by atoms with Crippen molar-refractivity contribution in [2.45, 2.75) is 53.0 Å². The maximum Gasteiger partial charge on any atom is 0.0480 e. The van der Waals surface area contributed by atoms with E-state index < -0.39 is 0 Å². The molecule has 0 saturated heterocycles. The number of hydrogen-bond donors (Lipinski definition) is 2. The van der Waals surface area contributed by atoms with Crippen molar-refractivity contribution in [2.75, 3.05) is 0 Å². The number of nitrogens with two attached hydrogens (primary N) is 1. The fraction of sp³-hybridized carbons (Fsp3) is 0.643. The highest BCUT2D eigenvalue weighted by Crippen LogP contribution is 2.25. The van der Waals surface area contributed by atoms with Crippen molar-refractivity contribution >= 4 is 0 Å². The SMILES string of the molecule is CCCC(C)CC(NN)c1ccc(C)nc1C. The van der Waals surface area contributed by atoms with E-state index in [-0.39, 0.29) is 6.04 Å². The summed E-state index contributed by atoms with van der Waals surface area (Å²) in [4.78, 5) is 4.50. The largest absolute Gasteiger partial charge is 0.271 e. The standard InChI is InChI=1S/C14H25N3/c1-5-6-10(2)9-14(17-15)13-8-7-11(3)16-12(13)4/h7-8,10,14,17H,5-6,9,15H2,1-4H3. The number of rotatable bonds is 6. The highest BCUT2D eigenvalue weighted by molar-refractivity contribution is 5.25. The molecule has 17 heavy (non-hydrogen) atoms. The molecule has 1 aromatic heterocycles. The first-order valence-electron chi connectivity index (χ1n) is 6.48. The Balaban J connectivity index is 2.79. The van der Waals surface area contributed by atoms with E-state index >= 15 is 0 Å². The Morgan fingerprint density at radius 3 is 2.59 bits per heavy atom. The van der Waals surface area contributed by atoms with Crippen LogP contribution in [0.2, 0.25) is 0 Å². The minimum Gasteiger partial charge on any atom is -0.271 e. The van der Waals surface area contributed by atoms with Gasteiger partial charge in [0.1, 0.15) is 0 Å². The molecule has 0 aliphatic rings. The lowest BCUT2D eigenvalue weighted by molar-refractivity contribution is 0.393. The Morgan fingerprint density at radius 2 is 2.06 bits per heavy atom. The lowest BCUT2D eigenvalue weighted by Gasteiger charge is -2.21. The topological polar surface area (TPSA) is 50.9 Å². The van der Waals surface area contributed by atoms with Gasteiger partial charge in [0.25, 0.3) is 0 Å². The molecule has 1 heterocycles. The number of pyridine rings is 1. The molecule has 3 nitrogen and oxygen atoms in total. The van der Waals surface area contributed by atoms with Gasteiger partial charge in [-0.15, -0.1) is 0 Å². The summed E-state index contributed by atoms with van der Waals surface area (Å²) < 4.78 is 0. The van der Waals surface area contributed by atoms with Gasteiger partial charge in [0.15, 0.2) is 0 Å². The molecule has 0 aromatic carbocycles. The molecule has 0 aliphatic heterocycles. The lowest BCUT2D eigenvalue weighted by atomic mass is 9.92. The minimum atomic E-state index is 0.213.